The number of hydrogen-bond acceptors (Lipinski definition) is 4. The zero-order chi connectivity index (χ0) is 24.9. The van der Waals surface area contributed by atoms with Gasteiger partial charge in [-0.3, -0.25) is 9.10 Å². The van der Waals surface area contributed by atoms with Gasteiger partial charge in [-0.15, -0.1) is 0 Å². The van der Waals surface area contributed by atoms with Crippen LogP contribution in [0.2, 0.25) is 10.0 Å². The Morgan fingerprint density at radius 2 is 1.71 bits per heavy atom. The van der Waals surface area contributed by atoms with Gasteiger partial charge in [0.1, 0.15) is 12.4 Å². The van der Waals surface area contributed by atoms with Crippen molar-refractivity contribution in [2.45, 2.75) is 20.4 Å². The summed E-state index contributed by atoms with van der Waals surface area (Å²) >= 11 is 12.3. The molecule has 0 spiro atoms. The summed E-state index contributed by atoms with van der Waals surface area (Å²) in [5, 5.41) is 3.24. The van der Waals surface area contributed by atoms with E-state index in [2.05, 4.69) is 5.32 Å². The van der Waals surface area contributed by atoms with Gasteiger partial charge in [0, 0.05) is 5.56 Å². The van der Waals surface area contributed by atoms with Gasteiger partial charge in [-0.1, -0.05) is 47.5 Å². The Bertz CT molecular complexity index is 1280. The van der Waals surface area contributed by atoms with E-state index in [-0.39, 0.29) is 22.5 Å². The normalized spacial score (nSPS) is 11.2. The van der Waals surface area contributed by atoms with Gasteiger partial charge in [0.05, 0.1) is 35.1 Å². The van der Waals surface area contributed by atoms with Gasteiger partial charge >= 0.3 is 0 Å². The van der Waals surface area contributed by atoms with E-state index < -0.39 is 10.0 Å². The average Bonchev–Trinajstić information content (AvgIpc) is 2.79. The fraction of sp³-hybridized carbons (Fsp3) is 0.240. The van der Waals surface area contributed by atoms with E-state index in [1.807, 2.05) is 32.0 Å². The summed E-state index contributed by atoms with van der Waals surface area (Å²) in [7, 11) is -3.63. The van der Waals surface area contributed by atoms with Crippen LogP contribution >= 0.6 is 23.2 Å². The summed E-state index contributed by atoms with van der Waals surface area (Å²) in [6, 6.07) is 17.4. The number of benzene rings is 3. The lowest BCUT2D eigenvalue weighted by Gasteiger charge is -2.24. The Balaban J connectivity index is 1.60. The van der Waals surface area contributed by atoms with Crippen LogP contribution in [-0.2, 0) is 16.6 Å². The summed E-state index contributed by atoms with van der Waals surface area (Å²) < 4.78 is 31.7. The second-order valence-corrected chi connectivity index (χ2v) is 10.6. The van der Waals surface area contributed by atoms with E-state index >= 15 is 0 Å². The minimum Gasteiger partial charge on any atom is -0.492 e. The molecule has 0 saturated heterocycles. The van der Waals surface area contributed by atoms with Crippen LogP contribution in [0.1, 0.15) is 27.0 Å². The maximum atomic E-state index is 12.4. The molecular formula is C25H26Cl2N2O4S. The number of ether oxygens (including phenoxy) is 1. The van der Waals surface area contributed by atoms with Crippen molar-refractivity contribution in [1.29, 1.82) is 0 Å². The molecule has 0 aliphatic rings. The van der Waals surface area contributed by atoms with Crippen LogP contribution in [0.3, 0.4) is 0 Å². The Morgan fingerprint density at radius 3 is 2.35 bits per heavy atom. The number of nitrogens with zero attached hydrogens (tertiary/aromatic N) is 1. The van der Waals surface area contributed by atoms with E-state index in [4.69, 9.17) is 27.9 Å². The van der Waals surface area contributed by atoms with Crippen LogP contribution in [0.5, 0.6) is 5.75 Å². The van der Waals surface area contributed by atoms with E-state index in [0.717, 1.165) is 17.6 Å². The Kier molecular flexibility index (Phi) is 8.47. The first-order valence-corrected chi connectivity index (χ1v) is 13.2. The fourth-order valence-electron chi connectivity index (χ4n) is 3.23. The van der Waals surface area contributed by atoms with E-state index in [1.165, 1.54) is 9.87 Å². The highest BCUT2D eigenvalue weighted by Crippen LogP contribution is 2.34. The van der Waals surface area contributed by atoms with Gasteiger partial charge in [0.25, 0.3) is 5.91 Å². The SMILES string of the molecule is Cc1ccc(OCCNC(=O)c2ccc(CN(c3cccc(Cl)c3Cl)S(C)(=O)=O)cc2)cc1C. The standard InChI is InChI=1S/C25H26Cl2N2O4S/c1-17-7-12-21(15-18(17)2)33-14-13-28-25(30)20-10-8-19(9-11-20)16-29(34(3,31)32)23-6-4-5-22(26)24(23)27/h4-12,15H,13-14,16H2,1-3H3,(H,28,30). The topological polar surface area (TPSA) is 75.7 Å². The summed E-state index contributed by atoms with van der Waals surface area (Å²) in [5.74, 6) is 0.519. The second-order valence-electron chi connectivity index (χ2n) is 7.89. The first kappa shape index (κ1) is 25.9. The van der Waals surface area contributed by atoms with Gasteiger partial charge in [-0.2, -0.15) is 0 Å². The van der Waals surface area contributed by atoms with Crippen LogP contribution in [-0.4, -0.2) is 33.7 Å². The average molecular weight is 521 g/mol. The molecule has 9 heteroatoms. The van der Waals surface area contributed by atoms with Crippen molar-refractivity contribution in [2.24, 2.45) is 0 Å². The number of sulfonamides is 1. The van der Waals surface area contributed by atoms with E-state index in [1.54, 1.807) is 42.5 Å². The van der Waals surface area contributed by atoms with Gasteiger partial charge in [0.15, 0.2) is 0 Å². The molecule has 0 bridgehead atoms. The molecule has 34 heavy (non-hydrogen) atoms. The number of carbonyl (C=O) groups excluding carboxylic acids is 1. The molecule has 0 aliphatic heterocycles. The Hall–Kier alpha value is -2.74. The highest BCUT2D eigenvalue weighted by Gasteiger charge is 2.21. The fourth-order valence-corrected chi connectivity index (χ4v) is 4.57. The van der Waals surface area contributed by atoms with Crippen molar-refractivity contribution in [2.75, 3.05) is 23.7 Å². The van der Waals surface area contributed by atoms with Gasteiger partial charge < -0.3 is 10.1 Å². The zero-order valence-electron chi connectivity index (χ0n) is 19.1. The molecule has 0 aromatic heterocycles. The third kappa shape index (κ3) is 6.65. The third-order valence-electron chi connectivity index (χ3n) is 5.28. The van der Waals surface area contributed by atoms with Crippen LogP contribution in [0, 0.1) is 13.8 Å². The molecule has 0 unspecified atom stereocenters. The maximum Gasteiger partial charge on any atom is 0.251 e. The number of amides is 1. The number of anilines is 1. The lowest BCUT2D eigenvalue weighted by Crippen LogP contribution is -2.30. The van der Waals surface area contributed by atoms with E-state index in [0.29, 0.717) is 30.0 Å². The summed E-state index contributed by atoms with van der Waals surface area (Å²) in [6.45, 7) is 4.80. The number of nitrogens with one attached hydrogen (secondary N) is 1. The molecule has 0 aliphatic carbocycles. The predicted molar refractivity (Wildman–Crippen MR) is 138 cm³/mol. The molecule has 3 aromatic rings. The summed E-state index contributed by atoms with van der Waals surface area (Å²) in [4.78, 5) is 12.4. The van der Waals surface area contributed by atoms with Crippen molar-refractivity contribution >= 4 is 44.8 Å². The highest BCUT2D eigenvalue weighted by atomic mass is 35.5. The molecule has 3 rings (SSSR count). The first-order valence-electron chi connectivity index (χ1n) is 10.5. The van der Waals surface area contributed by atoms with Gasteiger partial charge in [-0.05, 0) is 66.9 Å². The van der Waals surface area contributed by atoms with E-state index in [9.17, 15) is 13.2 Å². The molecule has 0 fully saturated rings. The lowest BCUT2D eigenvalue weighted by atomic mass is 10.1. The first-order chi connectivity index (χ1) is 16.1. The number of aryl methyl sites for hydroxylation is 2. The molecule has 1 N–H and O–H groups in total. The van der Waals surface area contributed by atoms with Crippen molar-refractivity contribution in [3.8, 4) is 5.75 Å². The number of hydrogen-bond donors (Lipinski definition) is 1. The molecule has 0 atom stereocenters. The number of halogens is 2. The molecule has 3 aromatic carbocycles. The monoisotopic (exact) mass is 520 g/mol. The zero-order valence-corrected chi connectivity index (χ0v) is 21.5. The van der Waals surface area contributed by atoms with Crippen molar-refractivity contribution in [1.82, 2.24) is 5.32 Å². The van der Waals surface area contributed by atoms with Crippen molar-refractivity contribution in [3.05, 3.63) is 93.0 Å². The summed E-state index contributed by atoms with van der Waals surface area (Å²) in [6.07, 6.45) is 1.10. The molecule has 0 radical (unpaired) electrons. The van der Waals surface area contributed by atoms with Crippen LogP contribution in [0.15, 0.2) is 60.7 Å². The Morgan fingerprint density at radius 1 is 1.00 bits per heavy atom. The van der Waals surface area contributed by atoms with Crippen molar-refractivity contribution in [3.63, 3.8) is 0 Å². The summed E-state index contributed by atoms with van der Waals surface area (Å²) in [5.41, 5.74) is 3.79. The van der Waals surface area contributed by atoms with Crippen LogP contribution in [0.4, 0.5) is 5.69 Å². The number of rotatable bonds is 9. The maximum absolute atomic E-state index is 12.4. The minimum atomic E-state index is -3.63. The molecule has 180 valence electrons. The van der Waals surface area contributed by atoms with Crippen LogP contribution < -0.4 is 14.4 Å². The smallest absolute Gasteiger partial charge is 0.251 e. The van der Waals surface area contributed by atoms with Crippen molar-refractivity contribution < 1.29 is 17.9 Å². The molecule has 1 amide bonds. The predicted octanol–water partition coefficient (Wildman–Crippen LogP) is 5.39. The minimum absolute atomic E-state index is 0.0462. The third-order valence-corrected chi connectivity index (χ3v) is 7.21. The molecule has 6 nitrogen and oxygen atoms in total. The highest BCUT2D eigenvalue weighted by molar-refractivity contribution is 7.92. The lowest BCUT2D eigenvalue weighted by molar-refractivity contribution is 0.0947. The molecular weight excluding hydrogens is 495 g/mol. The quantitative estimate of drug-likeness (QED) is 0.384. The van der Waals surface area contributed by atoms with Gasteiger partial charge in [0.2, 0.25) is 10.0 Å². The van der Waals surface area contributed by atoms with Gasteiger partial charge in [-0.25, -0.2) is 8.42 Å². The number of carbonyl (C=O) groups is 1. The second kappa shape index (κ2) is 11.1. The van der Waals surface area contributed by atoms with Crippen LogP contribution in [0.25, 0.3) is 0 Å². The Labute approximate surface area is 210 Å². The largest absolute Gasteiger partial charge is 0.492 e. The molecule has 0 saturated carbocycles. The molecule has 0 heterocycles.